The summed E-state index contributed by atoms with van der Waals surface area (Å²) >= 11 is 0. The second-order valence-electron chi connectivity index (χ2n) is 8.67. The van der Waals surface area contributed by atoms with E-state index in [4.69, 9.17) is 19.6 Å². The lowest BCUT2D eigenvalue weighted by Crippen LogP contribution is -2.51. The third-order valence-corrected chi connectivity index (χ3v) is 3.92. The molecule has 1 saturated carbocycles. The highest BCUT2D eigenvalue weighted by Crippen LogP contribution is 2.44. The van der Waals surface area contributed by atoms with Crippen LogP contribution in [0.4, 0.5) is 0 Å². The molecule has 126 valence electrons. The van der Waals surface area contributed by atoms with E-state index < -0.39 is 5.79 Å². The lowest BCUT2D eigenvalue weighted by molar-refractivity contribution is -0.557. The zero-order chi connectivity index (χ0) is 16.5. The van der Waals surface area contributed by atoms with Gasteiger partial charge in [-0.3, -0.25) is 0 Å². The zero-order valence-electron chi connectivity index (χ0n) is 15.3. The molecule has 0 N–H and O–H groups in total. The molecule has 1 rings (SSSR count). The summed E-state index contributed by atoms with van der Waals surface area (Å²) in [5, 5.41) is 0. The van der Waals surface area contributed by atoms with Crippen LogP contribution in [0.25, 0.3) is 0 Å². The third-order valence-electron chi connectivity index (χ3n) is 3.92. The number of hydrogen-bond donors (Lipinski definition) is 0. The van der Waals surface area contributed by atoms with Crippen molar-refractivity contribution in [3.05, 3.63) is 0 Å². The van der Waals surface area contributed by atoms with Crippen LogP contribution < -0.4 is 0 Å². The van der Waals surface area contributed by atoms with Gasteiger partial charge in [-0.25, -0.2) is 9.78 Å². The van der Waals surface area contributed by atoms with Crippen molar-refractivity contribution in [2.75, 3.05) is 0 Å². The van der Waals surface area contributed by atoms with E-state index in [9.17, 15) is 0 Å². The third kappa shape index (κ3) is 5.85. The fourth-order valence-electron chi connectivity index (χ4n) is 2.46. The average Bonchev–Trinajstić information content (AvgIpc) is 2.29. The molecule has 0 bridgehead atoms. The molecule has 1 aliphatic rings. The first kappa shape index (κ1) is 18.9. The Balaban J connectivity index is 2.87. The number of hydrogen-bond acceptors (Lipinski definition) is 4. The molecule has 21 heavy (non-hydrogen) atoms. The minimum atomic E-state index is -0.841. The summed E-state index contributed by atoms with van der Waals surface area (Å²) in [6, 6.07) is 0. The molecule has 0 aromatic carbocycles. The molecule has 0 aliphatic heterocycles. The summed E-state index contributed by atoms with van der Waals surface area (Å²) in [6.45, 7) is 18.4. The molecule has 3 atom stereocenters. The van der Waals surface area contributed by atoms with E-state index in [1.807, 2.05) is 41.5 Å². The first-order valence-corrected chi connectivity index (χ1v) is 8.08. The Morgan fingerprint density at radius 3 is 1.57 bits per heavy atom. The van der Waals surface area contributed by atoms with Crippen LogP contribution in [0.2, 0.25) is 0 Å². The molecule has 4 nitrogen and oxygen atoms in total. The fourth-order valence-corrected chi connectivity index (χ4v) is 2.46. The monoisotopic (exact) mass is 302 g/mol. The van der Waals surface area contributed by atoms with Crippen molar-refractivity contribution in [1.82, 2.24) is 0 Å². The van der Waals surface area contributed by atoms with Crippen molar-refractivity contribution in [2.45, 2.75) is 92.1 Å². The Kier molecular flexibility index (Phi) is 5.87. The minimum Gasteiger partial charge on any atom is -0.228 e. The van der Waals surface area contributed by atoms with Gasteiger partial charge in [0.2, 0.25) is 5.79 Å². The first-order chi connectivity index (χ1) is 9.35. The van der Waals surface area contributed by atoms with Crippen LogP contribution in [0.1, 0.15) is 75.2 Å². The van der Waals surface area contributed by atoms with Crippen LogP contribution in [0, 0.1) is 17.8 Å². The second kappa shape index (κ2) is 6.53. The van der Waals surface area contributed by atoms with Crippen molar-refractivity contribution in [3.8, 4) is 0 Å². The Morgan fingerprint density at radius 1 is 0.762 bits per heavy atom. The van der Waals surface area contributed by atoms with Gasteiger partial charge in [-0.15, -0.1) is 0 Å². The topological polar surface area (TPSA) is 36.9 Å². The Morgan fingerprint density at radius 2 is 1.19 bits per heavy atom. The highest BCUT2D eigenvalue weighted by atomic mass is 17.3. The van der Waals surface area contributed by atoms with Gasteiger partial charge in [0, 0.05) is 12.3 Å². The molecular formula is C17H34O4. The van der Waals surface area contributed by atoms with Gasteiger partial charge in [-0.05, 0) is 59.8 Å². The van der Waals surface area contributed by atoms with Gasteiger partial charge in [0.1, 0.15) is 0 Å². The molecule has 0 amide bonds. The smallest absolute Gasteiger partial charge is 0.228 e. The molecule has 1 fully saturated rings. The molecule has 1 aliphatic carbocycles. The van der Waals surface area contributed by atoms with E-state index in [1.165, 1.54) is 0 Å². The quantitative estimate of drug-likeness (QED) is 0.421. The molecule has 0 saturated heterocycles. The van der Waals surface area contributed by atoms with Gasteiger partial charge in [0.05, 0.1) is 11.2 Å². The molecule has 0 aromatic heterocycles. The van der Waals surface area contributed by atoms with E-state index in [0.717, 1.165) is 12.8 Å². The van der Waals surface area contributed by atoms with Crippen LogP contribution >= 0.6 is 0 Å². The van der Waals surface area contributed by atoms with Gasteiger partial charge in [-0.2, -0.15) is 9.78 Å². The predicted molar refractivity (Wildman–Crippen MR) is 83.3 cm³/mol. The SMILES string of the molecule is CC1CC(C)C(OOC(C)(C)C)(OOC(C)(C)C)CC1C. The zero-order valence-corrected chi connectivity index (χ0v) is 15.3. The van der Waals surface area contributed by atoms with Crippen molar-refractivity contribution in [2.24, 2.45) is 17.8 Å². The lowest BCUT2D eigenvalue weighted by Gasteiger charge is -2.45. The molecule has 0 spiro atoms. The van der Waals surface area contributed by atoms with E-state index in [-0.39, 0.29) is 17.1 Å². The molecule has 4 heteroatoms. The van der Waals surface area contributed by atoms with Crippen molar-refractivity contribution < 1.29 is 19.6 Å². The van der Waals surface area contributed by atoms with E-state index in [2.05, 4.69) is 20.8 Å². The van der Waals surface area contributed by atoms with Crippen LogP contribution in [0.5, 0.6) is 0 Å². The van der Waals surface area contributed by atoms with Gasteiger partial charge >= 0.3 is 0 Å². The van der Waals surface area contributed by atoms with Crippen molar-refractivity contribution in [1.29, 1.82) is 0 Å². The number of rotatable bonds is 4. The predicted octanol–water partition coefficient (Wildman–Crippen LogP) is 4.88. The maximum Gasteiger partial charge on any atom is 0.236 e. The average molecular weight is 302 g/mol. The Hall–Kier alpha value is -0.160. The van der Waals surface area contributed by atoms with Gasteiger partial charge in [0.15, 0.2) is 0 Å². The molecular weight excluding hydrogens is 268 g/mol. The van der Waals surface area contributed by atoms with Gasteiger partial charge < -0.3 is 0 Å². The van der Waals surface area contributed by atoms with Gasteiger partial charge in [0.25, 0.3) is 0 Å². The standard InChI is InChI=1S/C17H34O4/c1-12-10-14(3)17(11-13(12)2,20-18-15(4,5)6)21-19-16(7,8)9/h12-14H,10-11H2,1-9H3. The van der Waals surface area contributed by atoms with Crippen LogP contribution in [0.15, 0.2) is 0 Å². The fraction of sp³-hybridized carbons (Fsp3) is 1.00. The van der Waals surface area contributed by atoms with E-state index >= 15 is 0 Å². The largest absolute Gasteiger partial charge is 0.236 e. The molecule has 0 radical (unpaired) electrons. The highest BCUT2D eigenvalue weighted by Gasteiger charge is 2.49. The summed E-state index contributed by atoms with van der Waals surface area (Å²) < 4.78 is 0. The molecule has 3 unspecified atom stereocenters. The van der Waals surface area contributed by atoms with Crippen LogP contribution in [0.3, 0.4) is 0 Å². The summed E-state index contributed by atoms with van der Waals surface area (Å²) in [5.41, 5.74) is -0.770. The normalized spacial score (nSPS) is 30.4. The second-order valence-corrected chi connectivity index (χ2v) is 8.67. The maximum atomic E-state index is 5.81. The molecule has 0 aromatic rings. The minimum absolute atomic E-state index is 0.202. The van der Waals surface area contributed by atoms with Crippen LogP contribution in [-0.2, 0) is 19.6 Å². The maximum absolute atomic E-state index is 5.81. The first-order valence-electron chi connectivity index (χ1n) is 8.08. The van der Waals surface area contributed by atoms with Crippen molar-refractivity contribution >= 4 is 0 Å². The highest BCUT2D eigenvalue weighted by molar-refractivity contribution is 4.86. The van der Waals surface area contributed by atoms with Gasteiger partial charge in [-0.1, -0.05) is 20.8 Å². The molecule has 0 heterocycles. The van der Waals surface area contributed by atoms with Crippen LogP contribution in [-0.4, -0.2) is 17.0 Å². The van der Waals surface area contributed by atoms with E-state index in [1.54, 1.807) is 0 Å². The Labute approximate surface area is 130 Å². The van der Waals surface area contributed by atoms with E-state index in [0.29, 0.717) is 11.8 Å². The summed E-state index contributed by atoms with van der Waals surface area (Å²) in [4.78, 5) is 22.8. The summed E-state index contributed by atoms with van der Waals surface area (Å²) in [5.74, 6) is 0.498. The Bertz CT molecular complexity index is 309. The van der Waals surface area contributed by atoms with Crippen molar-refractivity contribution in [3.63, 3.8) is 0 Å². The summed E-state index contributed by atoms with van der Waals surface area (Å²) in [6.07, 6.45) is 1.80. The lowest BCUT2D eigenvalue weighted by atomic mass is 9.73. The summed E-state index contributed by atoms with van der Waals surface area (Å²) in [7, 11) is 0.